The van der Waals surface area contributed by atoms with Crippen LogP contribution in [0.5, 0.6) is 5.75 Å². The molecule has 0 atom stereocenters. The predicted molar refractivity (Wildman–Crippen MR) is 125 cm³/mol. The molecule has 3 aromatic carbocycles. The number of carbonyl (C=O) groups excluding carboxylic acids is 3. The molecule has 168 valence electrons. The Kier molecular flexibility index (Phi) is 8.04. The lowest BCUT2D eigenvalue weighted by Gasteiger charge is -2.09. The van der Waals surface area contributed by atoms with Gasteiger partial charge in [0.2, 0.25) is 0 Å². The third-order valence-electron chi connectivity index (χ3n) is 4.45. The molecule has 3 rings (SSSR count). The van der Waals surface area contributed by atoms with Crippen LogP contribution in [0.4, 0.5) is 4.39 Å². The second-order valence-electron chi connectivity index (χ2n) is 6.87. The van der Waals surface area contributed by atoms with E-state index >= 15 is 0 Å². The normalized spacial score (nSPS) is 10.6. The SMILES string of the molecule is Cc1ccccc1C(=O)Oc1ccc(Br)cc1C=NNC(=O)CNC(=O)c1ccc(F)cc1. The molecular weight excluding hydrogens is 493 g/mol. The second-order valence-corrected chi connectivity index (χ2v) is 7.79. The van der Waals surface area contributed by atoms with Crippen LogP contribution in [0, 0.1) is 12.7 Å². The van der Waals surface area contributed by atoms with E-state index in [0.29, 0.717) is 11.1 Å². The molecule has 0 unspecified atom stereocenters. The molecule has 33 heavy (non-hydrogen) atoms. The van der Waals surface area contributed by atoms with Gasteiger partial charge in [0.25, 0.3) is 11.8 Å². The molecule has 0 aliphatic rings. The van der Waals surface area contributed by atoms with Crippen LogP contribution in [-0.2, 0) is 4.79 Å². The molecule has 0 saturated heterocycles. The van der Waals surface area contributed by atoms with E-state index < -0.39 is 23.6 Å². The summed E-state index contributed by atoms with van der Waals surface area (Å²) in [6.07, 6.45) is 1.32. The van der Waals surface area contributed by atoms with E-state index in [9.17, 15) is 18.8 Å². The van der Waals surface area contributed by atoms with Gasteiger partial charge in [-0.1, -0.05) is 34.1 Å². The van der Waals surface area contributed by atoms with E-state index in [1.807, 2.05) is 19.1 Å². The molecule has 0 radical (unpaired) electrons. The van der Waals surface area contributed by atoms with E-state index in [2.05, 4.69) is 31.8 Å². The monoisotopic (exact) mass is 511 g/mol. The first-order valence-corrected chi connectivity index (χ1v) is 10.6. The van der Waals surface area contributed by atoms with Crippen molar-refractivity contribution in [3.63, 3.8) is 0 Å². The van der Waals surface area contributed by atoms with E-state index in [1.165, 1.54) is 18.3 Å². The van der Waals surface area contributed by atoms with Crippen LogP contribution in [0.25, 0.3) is 0 Å². The van der Waals surface area contributed by atoms with Crippen LogP contribution in [0.1, 0.15) is 31.8 Å². The number of rotatable bonds is 7. The quantitative estimate of drug-likeness (QED) is 0.217. The smallest absolute Gasteiger partial charge is 0.343 e. The Morgan fingerprint density at radius 2 is 1.79 bits per heavy atom. The number of esters is 1. The van der Waals surface area contributed by atoms with Crippen LogP contribution in [0.15, 0.2) is 76.3 Å². The Balaban J connectivity index is 1.60. The molecule has 0 aliphatic heterocycles. The summed E-state index contributed by atoms with van der Waals surface area (Å²) in [6, 6.07) is 17.0. The maximum atomic E-state index is 12.9. The van der Waals surface area contributed by atoms with Crippen molar-refractivity contribution in [2.45, 2.75) is 6.92 Å². The number of carbonyl (C=O) groups is 3. The number of hydrogen-bond donors (Lipinski definition) is 2. The third kappa shape index (κ3) is 6.81. The molecule has 2 amide bonds. The first-order valence-electron chi connectivity index (χ1n) is 9.76. The van der Waals surface area contributed by atoms with Crippen molar-refractivity contribution in [1.29, 1.82) is 0 Å². The summed E-state index contributed by atoms with van der Waals surface area (Å²) < 4.78 is 19.2. The molecule has 0 aliphatic carbocycles. The van der Waals surface area contributed by atoms with E-state index in [-0.39, 0.29) is 17.9 Å². The highest BCUT2D eigenvalue weighted by Crippen LogP contribution is 2.23. The Hall–Kier alpha value is -3.85. The van der Waals surface area contributed by atoms with Crippen molar-refractivity contribution in [3.8, 4) is 5.75 Å². The lowest BCUT2D eigenvalue weighted by Crippen LogP contribution is -2.34. The standard InChI is InChI=1S/C24H19BrFN3O4/c1-15-4-2-3-5-20(15)24(32)33-21-11-8-18(25)12-17(21)13-28-29-22(30)14-27-23(31)16-6-9-19(26)10-7-16/h2-13H,14H2,1H3,(H,27,31)(H,29,30). The highest BCUT2D eigenvalue weighted by molar-refractivity contribution is 9.10. The fourth-order valence-electron chi connectivity index (χ4n) is 2.75. The number of halogens is 2. The molecule has 0 fully saturated rings. The topological polar surface area (TPSA) is 96.9 Å². The van der Waals surface area contributed by atoms with Crippen molar-refractivity contribution < 1.29 is 23.5 Å². The summed E-state index contributed by atoms with van der Waals surface area (Å²) >= 11 is 3.35. The summed E-state index contributed by atoms with van der Waals surface area (Å²) in [5, 5.41) is 6.28. The van der Waals surface area contributed by atoms with Gasteiger partial charge in [-0.2, -0.15) is 5.10 Å². The number of nitrogens with zero attached hydrogens (tertiary/aromatic N) is 1. The van der Waals surface area contributed by atoms with Gasteiger partial charge in [0.1, 0.15) is 11.6 Å². The van der Waals surface area contributed by atoms with Gasteiger partial charge in [0.05, 0.1) is 18.3 Å². The zero-order valence-electron chi connectivity index (χ0n) is 17.5. The summed E-state index contributed by atoms with van der Waals surface area (Å²) in [5.74, 6) is -1.82. The van der Waals surface area contributed by atoms with Crippen molar-refractivity contribution in [3.05, 3.63) is 99.3 Å². The fourth-order valence-corrected chi connectivity index (χ4v) is 3.13. The molecule has 0 spiro atoms. The number of amides is 2. The molecular formula is C24H19BrFN3O4. The van der Waals surface area contributed by atoms with E-state index in [0.717, 1.165) is 22.2 Å². The van der Waals surface area contributed by atoms with Crippen molar-refractivity contribution in [2.75, 3.05) is 6.54 Å². The molecule has 3 aromatic rings. The van der Waals surface area contributed by atoms with Crippen LogP contribution in [0.2, 0.25) is 0 Å². The van der Waals surface area contributed by atoms with E-state index in [4.69, 9.17) is 4.74 Å². The average molecular weight is 512 g/mol. The average Bonchev–Trinajstić information content (AvgIpc) is 2.80. The van der Waals surface area contributed by atoms with Crippen molar-refractivity contribution >= 4 is 39.9 Å². The molecule has 0 heterocycles. The number of hydrogen-bond acceptors (Lipinski definition) is 5. The Morgan fingerprint density at radius 3 is 2.52 bits per heavy atom. The van der Waals surface area contributed by atoms with Gasteiger partial charge in [-0.05, 0) is 61.0 Å². The Bertz CT molecular complexity index is 1210. The highest BCUT2D eigenvalue weighted by atomic mass is 79.9. The Morgan fingerprint density at radius 1 is 1.06 bits per heavy atom. The minimum Gasteiger partial charge on any atom is -0.422 e. The summed E-state index contributed by atoms with van der Waals surface area (Å²) in [7, 11) is 0. The predicted octanol–water partition coefficient (Wildman–Crippen LogP) is 4.00. The van der Waals surface area contributed by atoms with Crippen LogP contribution < -0.4 is 15.5 Å². The summed E-state index contributed by atoms with van der Waals surface area (Å²) in [6.45, 7) is 1.48. The first kappa shape index (κ1) is 23.8. The van der Waals surface area contributed by atoms with Gasteiger partial charge in [-0.15, -0.1) is 0 Å². The highest BCUT2D eigenvalue weighted by Gasteiger charge is 2.13. The van der Waals surface area contributed by atoms with Crippen LogP contribution >= 0.6 is 15.9 Å². The van der Waals surface area contributed by atoms with E-state index in [1.54, 1.807) is 30.3 Å². The van der Waals surface area contributed by atoms with Crippen molar-refractivity contribution in [1.82, 2.24) is 10.7 Å². The van der Waals surface area contributed by atoms with Gasteiger partial charge in [0.15, 0.2) is 0 Å². The maximum absolute atomic E-state index is 12.9. The van der Waals surface area contributed by atoms with Crippen LogP contribution in [0.3, 0.4) is 0 Å². The molecule has 7 nitrogen and oxygen atoms in total. The molecule has 2 N–H and O–H groups in total. The molecule has 0 bridgehead atoms. The molecule has 0 saturated carbocycles. The van der Waals surface area contributed by atoms with Crippen molar-refractivity contribution in [2.24, 2.45) is 5.10 Å². The van der Waals surface area contributed by atoms with Gasteiger partial charge >= 0.3 is 5.97 Å². The number of ether oxygens (including phenoxy) is 1. The summed E-state index contributed by atoms with van der Waals surface area (Å²) in [5.41, 5.74) is 4.18. The maximum Gasteiger partial charge on any atom is 0.343 e. The largest absolute Gasteiger partial charge is 0.422 e. The number of aryl methyl sites for hydroxylation is 1. The van der Waals surface area contributed by atoms with Gasteiger partial charge in [-0.25, -0.2) is 14.6 Å². The van der Waals surface area contributed by atoms with Gasteiger partial charge in [0, 0.05) is 15.6 Å². The minimum atomic E-state index is -0.574. The fraction of sp³-hybridized carbons (Fsp3) is 0.0833. The third-order valence-corrected chi connectivity index (χ3v) is 4.94. The molecule has 9 heteroatoms. The number of benzene rings is 3. The zero-order valence-corrected chi connectivity index (χ0v) is 19.1. The Labute approximate surface area is 197 Å². The number of hydrazone groups is 1. The zero-order chi connectivity index (χ0) is 23.8. The lowest BCUT2D eigenvalue weighted by atomic mass is 10.1. The first-order chi connectivity index (χ1) is 15.8. The number of nitrogens with one attached hydrogen (secondary N) is 2. The second kappa shape index (κ2) is 11.1. The summed E-state index contributed by atoms with van der Waals surface area (Å²) in [4.78, 5) is 36.5. The lowest BCUT2D eigenvalue weighted by molar-refractivity contribution is -0.120. The molecule has 0 aromatic heterocycles. The minimum absolute atomic E-state index is 0.224. The van der Waals surface area contributed by atoms with Gasteiger partial charge in [-0.3, -0.25) is 9.59 Å². The van der Waals surface area contributed by atoms with Gasteiger partial charge < -0.3 is 10.1 Å². The van der Waals surface area contributed by atoms with Crippen LogP contribution in [-0.4, -0.2) is 30.5 Å².